The van der Waals surface area contributed by atoms with E-state index in [-0.39, 0.29) is 17.4 Å². The van der Waals surface area contributed by atoms with Crippen molar-refractivity contribution in [2.24, 2.45) is 0 Å². The zero-order chi connectivity index (χ0) is 17.4. The minimum Gasteiger partial charge on any atom is -0.338 e. The van der Waals surface area contributed by atoms with Crippen LogP contribution in [0.1, 0.15) is 16.2 Å². The van der Waals surface area contributed by atoms with E-state index in [0.717, 1.165) is 11.0 Å². The number of imidazole rings is 1. The predicted molar refractivity (Wildman–Crippen MR) is 90.6 cm³/mol. The molecule has 2 aromatic carbocycles. The molecule has 0 atom stereocenters. The van der Waals surface area contributed by atoms with Gasteiger partial charge in [-0.15, -0.1) is 0 Å². The first kappa shape index (κ1) is 15.0. The van der Waals surface area contributed by atoms with Crippen molar-refractivity contribution in [1.29, 1.82) is 0 Å². The first-order valence-corrected chi connectivity index (χ1v) is 7.54. The number of carbonyl (C=O) groups excluding carboxylic acids is 1. The summed E-state index contributed by atoms with van der Waals surface area (Å²) in [6, 6.07) is 11.5. The maximum atomic E-state index is 13.4. The van der Waals surface area contributed by atoms with Crippen LogP contribution in [0.5, 0.6) is 0 Å². The van der Waals surface area contributed by atoms with Crippen molar-refractivity contribution in [2.75, 3.05) is 5.32 Å². The summed E-state index contributed by atoms with van der Waals surface area (Å²) in [4.78, 5) is 19.8. The van der Waals surface area contributed by atoms with E-state index in [0.29, 0.717) is 22.8 Å². The molecule has 0 saturated heterocycles. The van der Waals surface area contributed by atoms with Gasteiger partial charge in [0.1, 0.15) is 11.6 Å². The Morgan fingerprint density at radius 1 is 1.16 bits per heavy atom. The molecule has 0 aliphatic rings. The molecule has 1 amide bonds. The average Bonchev–Trinajstić information content (AvgIpc) is 3.20. The number of nitrogens with one attached hydrogen (secondary N) is 3. The minimum atomic E-state index is -0.351. The van der Waals surface area contributed by atoms with Crippen LogP contribution in [-0.4, -0.2) is 31.3 Å². The molecular weight excluding hydrogens is 323 g/mol. The zero-order valence-corrected chi connectivity index (χ0v) is 13.2. The van der Waals surface area contributed by atoms with Gasteiger partial charge in [0, 0.05) is 11.3 Å². The summed E-state index contributed by atoms with van der Waals surface area (Å²) in [5, 5.41) is 12.8. The highest BCUT2D eigenvalue weighted by atomic mass is 19.1. The van der Waals surface area contributed by atoms with Crippen molar-refractivity contribution < 1.29 is 9.18 Å². The molecular formula is C17H13FN6O. The van der Waals surface area contributed by atoms with E-state index in [1.54, 1.807) is 37.3 Å². The first-order valence-electron chi connectivity index (χ1n) is 7.54. The number of anilines is 1. The lowest BCUT2D eigenvalue weighted by atomic mass is 10.2. The Bertz CT molecular complexity index is 1080. The number of rotatable bonds is 3. The van der Waals surface area contributed by atoms with Crippen molar-refractivity contribution in [3.8, 4) is 11.4 Å². The molecule has 0 radical (unpaired) electrons. The fourth-order valence-corrected chi connectivity index (χ4v) is 2.55. The van der Waals surface area contributed by atoms with E-state index < -0.39 is 0 Å². The summed E-state index contributed by atoms with van der Waals surface area (Å²) in [6.07, 6.45) is 0. The van der Waals surface area contributed by atoms with Gasteiger partial charge in [-0.3, -0.25) is 4.79 Å². The molecule has 4 aromatic rings. The zero-order valence-electron chi connectivity index (χ0n) is 13.2. The number of aromatic amines is 2. The van der Waals surface area contributed by atoms with Crippen LogP contribution in [0, 0.1) is 12.7 Å². The largest absolute Gasteiger partial charge is 0.338 e. The number of hydrogen-bond donors (Lipinski definition) is 3. The third-order valence-electron chi connectivity index (χ3n) is 3.78. The number of amides is 1. The van der Waals surface area contributed by atoms with E-state index in [1.165, 1.54) is 12.1 Å². The second-order valence-electron chi connectivity index (χ2n) is 5.54. The van der Waals surface area contributed by atoms with Crippen LogP contribution in [0.15, 0.2) is 42.5 Å². The van der Waals surface area contributed by atoms with Gasteiger partial charge in [0.2, 0.25) is 0 Å². The van der Waals surface area contributed by atoms with Crippen LogP contribution in [0.4, 0.5) is 10.1 Å². The molecule has 0 spiro atoms. The van der Waals surface area contributed by atoms with Gasteiger partial charge in [-0.2, -0.15) is 15.4 Å². The lowest BCUT2D eigenvalue weighted by molar-refractivity contribution is 0.102. The van der Waals surface area contributed by atoms with Crippen molar-refractivity contribution in [3.63, 3.8) is 0 Å². The molecule has 0 aliphatic heterocycles. The minimum absolute atomic E-state index is 0.241. The number of hydrogen-bond acceptors (Lipinski definition) is 4. The Labute approximate surface area is 141 Å². The molecule has 0 aliphatic carbocycles. The van der Waals surface area contributed by atoms with E-state index >= 15 is 0 Å². The monoisotopic (exact) mass is 336 g/mol. The van der Waals surface area contributed by atoms with Gasteiger partial charge in [0.05, 0.1) is 16.7 Å². The van der Waals surface area contributed by atoms with Crippen LogP contribution in [-0.2, 0) is 0 Å². The number of fused-ring (bicyclic) bond motifs is 1. The number of benzene rings is 2. The number of aromatic nitrogens is 5. The molecule has 2 aromatic heterocycles. The second-order valence-corrected chi connectivity index (χ2v) is 5.54. The van der Waals surface area contributed by atoms with E-state index in [1.807, 2.05) is 0 Å². The standard InChI is InChI=1S/C17H13FN6O/c1-9-15(23-24-22-9)17(25)19-12-5-6-13-14(8-12)21-16(20-13)10-3-2-4-11(18)7-10/h2-8H,1H3,(H,19,25)(H,20,21)(H,22,23,24). The van der Waals surface area contributed by atoms with Crippen molar-refractivity contribution in [3.05, 3.63) is 59.7 Å². The van der Waals surface area contributed by atoms with E-state index in [2.05, 4.69) is 30.7 Å². The summed E-state index contributed by atoms with van der Waals surface area (Å²) in [5.74, 6) is -0.116. The van der Waals surface area contributed by atoms with Gasteiger partial charge in [0.25, 0.3) is 5.91 Å². The lowest BCUT2D eigenvalue weighted by Crippen LogP contribution is -2.13. The van der Waals surface area contributed by atoms with Crippen LogP contribution >= 0.6 is 0 Å². The number of H-pyrrole nitrogens is 2. The molecule has 4 rings (SSSR count). The molecule has 0 unspecified atom stereocenters. The number of carbonyl (C=O) groups is 1. The SMILES string of the molecule is Cc1n[nH]nc1C(=O)Nc1ccc2nc(-c3cccc(F)c3)[nH]c2c1. The maximum absolute atomic E-state index is 13.4. The molecule has 2 heterocycles. The molecule has 7 nitrogen and oxygen atoms in total. The number of aryl methyl sites for hydroxylation is 1. The van der Waals surface area contributed by atoms with Gasteiger partial charge in [-0.25, -0.2) is 9.37 Å². The van der Waals surface area contributed by atoms with E-state index in [9.17, 15) is 9.18 Å². The van der Waals surface area contributed by atoms with Gasteiger partial charge >= 0.3 is 0 Å². The molecule has 0 bridgehead atoms. The number of nitrogens with zero attached hydrogens (tertiary/aromatic N) is 3. The summed E-state index contributed by atoms with van der Waals surface area (Å²) in [7, 11) is 0. The Hall–Kier alpha value is -3.55. The number of halogens is 1. The Kier molecular flexibility index (Phi) is 3.50. The Morgan fingerprint density at radius 3 is 2.80 bits per heavy atom. The quantitative estimate of drug-likeness (QED) is 0.535. The smallest absolute Gasteiger partial charge is 0.278 e. The van der Waals surface area contributed by atoms with E-state index in [4.69, 9.17) is 0 Å². The van der Waals surface area contributed by atoms with Gasteiger partial charge in [-0.05, 0) is 37.3 Å². The van der Waals surface area contributed by atoms with Crippen molar-refractivity contribution >= 4 is 22.6 Å². The topological polar surface area (TPSA) is 99.3 Å². The lowest BCUT2D eigenvalue weighted by Gasteiger charge is -2.03. The molecule has 124 valence electrons. The van der Waals surface area contributed by atoms with Crippen LogP contribution in [0.2, 0.25) is 0 Å². The molecule has 0 fully saturated rings. The normalized spacial score (nSPS) is 11.0. The van der Waals surface area contributed by atoms with Crippen molar-refractivity contribution in [1.82, 2.24) is 25.4 Å². The summed E-state index contributed by atoms with van der Waals surface area (Å²) in [5.41, 5.74) is 3.46. The average molecular weight is 336 g/mol. The Morgan fingerprint density at radius 2 is 2.04 bits per heavy atom. The Balaban J connectivity index is 1.64. The van der Waals surface area contributed by atoms with Crippen molar-refractivity contribution in [2.45, 2.75) is 6.92 Å². The molecule has 3 N–H and O–H groups in total. The highest BCUT2D eigenvalue weighted by Crippen LogP contribution is 2.23. The third kappa shape index (κ3) is 2.85. The van der Waals surface area contributed by atoms with Gasteiger partial charge in [0.15, 0.2) is 5.69 Å². The summed E-state index contributed by atoms with van der Waals surface area (Å²) in [6.45, 7) is 1.70. The van der Waals surface area contributed by atoms with Gasteiger partial charge < -0.3 is 10.3 Å². The van der Waals surface area contributed by atoms with Crippen LogP contribution < -0.4 is 5.32 Å². The highest BCUT2D eigenvalue weighted by molar-refractivity contribution is 6.04. The predicted octanol–water partition coefficient (Wildman–Crippen LogP) is 3.05. The maximum Gasteiger partial charge on any atom is 0.278 e. The molecule has 0 saturated carbocycles. The van der Waals surface area contributed by atoms with Gasteiger partial charge in [-0.1, -0.05) is 12.1 Å². The molecule has 25 heavy (non-hydrogen) atoms. The first-order chi connectivity index (χ1) is 12.1. The van der Waals surface area contributed by atoms with Crippen LogP contribution in [0.3, 0.4) is 0 Å². The molecule has 8 heteroatoms. The summed E-state index contributed by atoms with van der Waals surface area (Å²) >= 11 is 0. The third-order valence-corrected chi connectivity index (χ3v) is 3.78. The highest BCUT2D eigenvalue weighted by Gasteiger charge is 2.14. The fraction of sp³-hybridized carbons (Fsp3) is 0.0588. The second kappa shape index (κ2) is 5.82. The van der Waals surface area contributed by atoms with Crippen LogP contribution in [0.25, 0.3) is 22.4 Å². The summed E-state index contributed by atoms with van der Waals surface area (Å²) < 4.78 is 13.4. The fourth-order valence-electron chi connectivity index (χ4n) is 2.55.